The van der Waals surface area contributed by atoms with Crippen LogP contribution in [0.25, 0.3) is 0 Å². The maximum atomic E-state index is 11.9. The van der Waals surface area contributed by atoms with E-state index in [1.165, 1.54) is 6.07 Å². The normalized spacial score (nSPS) is 10.8. The highest BCUT2D eigenvalue weighted by Crippen LogP contribution is 2.19. The summed E-state index contributed by atoms with van der Waals surface area (Å²) in [6.07, 6.45) is 1.70. The van der Waals surface area contributed by atoms with E-state index in [-0.39, 0.29) is 5.76 Å². The van der Waals surface area contributed by atoms with Crippen molar-refractivity contribution >= 4 is 23.8 Å². The number of furan rings is 1. The van der Waals surface area contributed by atoms with Gasteiger partial charge in [0.1, 0.15) is 10.7 Å². The van der Waals surface area contributed by atoms with Crippen LogP contribution in [0, 0.1) is 17.0 Å². The number of ether oxygens (including phenoxy) is 1. The van der Waals surface area contributed by atoms with Crippen LogP contribution in [0.5, 0.6) is 5.75 Å². The molecule has 0 unspecified atom stereocenters. The zero-order chi connectivity index (χ0) is 18.5. The largest absolute Gasteiger partial charge is 0.433 e. The van der Waals surface area contributed by atoms with Crippen LogP contribution in [0.2, 0.25) is 0 Å². The van der Waals surface area contributed by atoms with Crippen LogP contribution in [0.1, 0.15) is 21.7 Å². The Balaban J connectivity index is 1.64. The summed E-state index contributed by atoms with van der Waals surface area (Å²) in [6.45, 7) is 2.01. The van der Waals surface area contributed by atoms with E-state index in [0.29, 0.717) is 5.75 Å². The summed E-state index contributed by atoms with van der Waals surface area (Å²) < 4.78 is 9.93. The van der Waals surface area contributed by atoms with Crippen LogP contribution >= 0.6 is 0 Å². The number of benzene rings is 2. The van der Waals surface area contributed by atoms with Gasteiger partial charge in [0.25, 0.3) is 0 Å². The second-order valence-electron chi connectivity index (χ2n) is 5.45. The second-order valence-corrected chi connectivity index (χ2v) is 5.45. The molecule has 7 nitrogen and oxygen atoms in total. The third-order valence-electron chi connectivity index (χ3n) is 3.46. The highest BCUT2D eigenvalue weighted by atomic mass is 16.7. The van der Waals surface area contributed by atoms with Gasteiger partial charge >= 0.3 is 11.9 Å². The Hall–Kier alpha value is -3.74. The minimum Gasteiger partial charge on any atom is -0.421 e. The topological polar surface area (TPSA) is 94.9 Å². The molecule has 3 rings (SSSR count). The minimum absolute atomic E-state index is 0.235. The van der Waals surface area contributed by atoms with Crippen molar-refractivity contribution < 1.29 is 18.9 Å². The average Bonchev–Trinajstić information content (AvgIpc) is 3.13. The molecule has 0 aliphatic rings. The number of nitro groups is 1. The molecule has 2 aromatic carbocycles. The lowest BCUT2D eigenvalue weighted by atomic mass is 10.2. The molecule has 0 saturated heterocycles. The highest BCUT2D eigenvalue weighted by molar-refractivity contribution is 5.88. The number of rotatable bonds is 5. The van der Waals surface area contributed by atoms with Crippen LogP contribution in [0.15, 0.2) is 70.1 Å². The molecule has 0 bridgehead atoms. The molecule has 0 N–H and O–H groups in total. The van der Waals surface area contributed by atoms with Gasteiger partial charge in [0.05, 0.1) is 11.8 Å². The predicted molar refractivity (Wildman–Crippen MR) is 95.2 cm³/mol. The molecule has 0 amide bonds. The summed E-state index contributed by atoms with van der Waals surface area (Å²) in [5, 5.41) is 10.6. The quantitative estimate of drug-likeness (QED) is 0.222. The highest BCUT2D eigenvalue weighted by Gasteiger charge is 2.18. The number of aryl methyl sites for hydroxylation is 1. The zero-order valence-corrected chi connectivity index (χ0v) is 13.8. The van der Waals surface area contributed by atoms with Gasteiger partial charge in [0, 0.05) is 6.21 Å². The number of aliphatic imine (C=N–C) groups is 1. The summed E-state index contributed by atoms with van der Waals surface area (Å²) >= 11 is 0. The third kappa shape index (κ3) is 4.21. The van der Waals surface area contributed by atoms with Gasteiger partial charge in [0.2, 0.25) is 5.76 Å². The summed E-state index contributed by atoms with van der Waals surface area (Å²) in [6, 6.07) is 16.8. The van der Waals surface area contributed by atoms with Gasteiger partial charge in [-0.3, -0.25) is 15.1 Å². The molecule has 1 heterocycles. The van der Waals surface area contributed by atoms with Crippen LogP contribution in [-0.4, -0.2) is 17.1 Å². The van der Waals surface area contributed by atoms with Gasteiger partial charge < -0.3 is 9.15 Å². The molecular weight excluding hydrogens is 336 g/mol. The van der Waals surface area contributed by atoms with Crippen molar-refractivity contribution in [2.24, 2.45) is 4.99 Å². The standard InChI is InChI=1S/C19H14N2O5/c1-13-2-6-15(7-3-13)20-12-14-4-8-16(9-5-14)25-19(22)17-10-11-18(26-17)21(23)24/h2-12H,1H3. The van der Waals surface area contributed by atoms with E-state index in [1.807, 2.05) is 31.2 Å². The Morgan fingerprint density at radius 1 is 1.08 bits per heavy atom. The van der Waals surface area contributed by atoms with Gasteiger partial charge in [-0.25, -0.2) is 4.79 Å². The molecular formula is C19H14N2O5. The number of nitrogens with zero attached hydrogens (tertiary/aromatic N) is 2. The Bertz CT molecular complexity index is 956. The van der Waals surface area contributed by atoms with E-state index in [2.05, 4.69) is 4.99 Å². The maximum Gasteiger partial charge on any atom is 0.433 e. The molecule has 0 fully saturated rings. The van der Waals surface area contributed by atoms with E-state index in [4.69, 9.17) is 9.15 Å². The second kappa shape index (κ2) is 7.43. The van der Waals surface area contributed by atoms with E-state index in [1.54, 1.807) is 30.5 Å². The SMILES string of the molecule is Cc1ccc(N=Cc2ccc(OC(=O)c3ccc([N+](=O)[O-])o3)cc2)cc1. The summed E-state index contributed by atoms with van der Waals surface area (Å²) in [5.41, 5.74) is 2.83. The lowest BCUT2D eigenvalue weighted by molar-refractivity contribution is -0.402. The predicted octanol–water partition coefficient (Wildman–Crippen LogP) is 4.47. The van der Waals surface area contributed by atoms with Gasteiger partial charge in [-0.15, -0.1) is 0 Å². The molecule has 0 spiro atoms. The Labute approximate surface area is 148 Å². The van der Waals surface area contributed by atoms with Gasteiger partial charge in [0.15, 0.2) is 0 Å². The Morgan fingerprint density at radius 3 is 2.38 bits per heavy atom. The summed E-state index contributed by atoms with van der Waals surface area (Å²) in [5.74, 6) is -1.26. The lowest BCUT2D eigenvalue weighted by Gasteiger charge is -2.02. The number of hydrogen-bond acceptors (Lipinski definition) is 6. The van der Waals surface area contributed by atoms with E-state index >= 15 is 0 Å². The van der Waals surface area contributed by atoms with Crippen molar-refractivity contribution in [3.05, 3.63) is 87.7 Å². The van der Waals surface area contributed by atoms with Crippen LogP contribution in [0.3, 0.4) is 0 Å². The smallest absolute Gasteiger partial charge is 0.421 e. The zero-order valence-electron chi connectivity index (χ0n) is 13.8. The van der Waals surface area contributed by atoms with Crippen molar-refractivity contribution in [1.82, 2.24) is 0 Å². The molecule has 0 atom stereocenters. The fourth-order valence-electron chi connectivity index (χ4n) is 2.09. The van der Waals surface area contributed by atoms with Crippen molar-refractivity contribution in [3.8, 4) is 5.75 Å². The Morgan fingerprint density at radius 2 is 1.77 bits per heavy atom. The lowest BCUT2D eigenvalue weighted by Crippen LogP contribution is -2.07. The Kier molecular flexibility index (Phi) is 4.89. The minimum atomic E-state index is -0.806. The number of esters is 1. The number of carbonyl (C=O) groups is 1. The fourth-order valence-corrected chi connectivity index (χ4v) is 2.09. The number of carbonyl (C=O) groups excluding carboxylic acids is 1. The van der Waals surface area contributed by atoms with Crippen molar-refractivity contribution in [2.45, 2.75) is 6.92 Å². The maximum absolute atomic E-state index is 11.9. The van der Waals surface area contributed by atoms with Crippen molar-refractivity contribution in [3.63, 3.8) is 0 Å². The van der Waals surface area contributed by atoms with Gasteiger partial charge in [-0.2, -0.15) is 0 Å². The molecule has 0 aliphatic carbocycles. The molecule has 0 aliphatic heterocycles. The summed E-state index contributed by atoms with van der Waals surface area (Å²) in [4.78, 5) is 26.1. The van der Waals surface area contributed by atoms with Crippen LogP contribution in [0.4, 0.5) is 11.6 Å². The first-order valence-corrected chi connectivity index (χ1v) is 7.68. The average molecular weight is 350 g/mol. The summed E-state index contributed by atoms with van der Waals surface area (Å²) in [7, 11) is 0. The molecule has 130 valence electrons. The number of hydrogen-bond donors (Lipinski definition) is 0. The molecule has 0 radical (unpaired) electrons. The first kappa shape index (κ1) is 17.1. The first-order valence-electron chi connectivity index (χ1n) is 7.68. The fraction of sp³-hybridized carbons (Fsp3) is 0.0526. The van der Waals surface area contributed by atoms with Gasteiger partial charge in [-0.1, -0.05) is 17.7 Å². The molecule has 3 aromatic rings. The molecule has 1 aromatic heterocycles. The van der Waals surface area contributed by atoms with Gasteiger partial charge in [-0.05, 0) is 55.0 Å². The third-order valence-corrected chi connectivity index (χ3v) is 3.46. The van der Waals surface area contributed by atoms with Crippen LogP contribution < -0.4 is 4.74 Å². The van der Waals surface area contributed by atoms with Crippen molar-refractivity contribution in [2.75, 3.05) is 0 Å². The van der Waals surface area contributed by atoms with Crippen LogP contribution in [-0.2, 0) is 0 Å². The molecule has 0 saturated carbocycles. The van der Waals surface area contributed by atoms with E-state index in [9.17, 15) is 14.9 Å². The van der Waals surface area contributed by atoms with Crippen molar-refractivity contribution in [1.29, 1.82) is 0 Å². The van der Waals surface area contributed by atoms with E-state index in [0.717, 1.165) is 22.9 Å². The monoisotopic (exact) mass is 350 g/mol. The molecule has 26 heavy (non-hydrogen) atoms. The van der Waals surface area contributed by atoms with E-state index < -0.39 is 16.8 Å². The molecule has 7 heteroatoms. The first-order chi connectivity index (χ1) is 12.5.